The maximum absolute atomic E-state index is 10.2. The van der Waals surface area contributed by atoms with Gasteiger partial charge < -0.3 is 5.11 Å². The van der Waals surface area contributed by atoms with Gasteiger partial charge in [0.2, 0.25) is 0 Å². The van der Waals surface area contributed by atoms with E-state index in [1.165, 1.54) is 0 Å². The number of rotatable bonds is 4. The van der Waals surface area contributed by atoms with Gasteiger partial charge in [-0.05, 0) is 11.1 Å². The van der Waals surface area contributed by atoms with Crippen molar-refractivity contribution in [2.24, 2.45) is 0 Å². The summed E-state index contributed by atoms with van der Waals surface area (Å²) in [6.07, 6.45) is 0.00741. The minimum absolute atomic E-state index is 0.518. The molecule has 1 nitrogen and oxygen atoms in total. The average Bonchev–Trinajstić information content (AvgIpc) is 2.46. The number of aliphatic hydroxyl groups is 1. The molecule has 0 saturated carbocycles. The van der Waals surface area contributed by atoms with Crippen molar-refractivity contribution in [2.45, 2.75) is 12.5 Å². The zero-order valence-corrected chi connectivity index (χ0v) is 10.2. The number of hydrogen-bond donors (Lipinski definition) is 1. The molecule has 2 aromatic rings. The molecule has 0 saturated heterocycles. The van der Waals surface area contributed by atoms with E-state index >= 15 is 0 Å². The van der Waals surface area contributed by atoms with Crippen LogP contribution >= 0.6 is 0 Å². The molecule has 0 aliphatic heterocycles. The SMILES string of the molecule is C=C=C(CC(O)c1ccccc1)c1ccccc1. The second-order valence-corrected chi connectivity index (χ2v) is 4.15. The molecule has 2 aromatic carbocycles. The molecular weight excluding hydrogens is 220 g/mol. The largest absolute Gasteiger partial charge is 0.388 e. The molecule has 90 valence electrons. The fourth-order valence-corrected chi connectivity index (χ4v) is 1.92. The summed E-state index contributed by atoms with van der Waals surface area (Å²) in [5, 5.41) is 10.2. The van der Waals surface area contributed by atoms with Crippen LogP contribution in [0.15, 0.2) is 73.0 Å². The molecule has 1 atom stereocenters. The van der Waals surface area contributed by atoms with Crippen molar-refractivity contribution < 1.29 is 5.11 Å². The van der Waals surface area contributed by atoms with Gasteiger partial charge in [0.05, 0.1) is 6.10 Å². The van der Waals surface area contributed by atoms with Gasteiger partial charge in [-0.1, -0.05) is 67.2 Å². The summed E-state index contributed by atoms with van der Waals surface area (Å²) in [7, 11) is 0. The van der Waals surface area contributed by atoms with Crippen molar-refractivity contribution in [3.63, 3.8) is 0 Å². The Balaban J connectivity index is 2.16. The molecule has 18 heavy (non-hydrogen) atoms. The average molecular weight is 236 g/mol. The lowest BCUT2D eigenvalue weighted by molar-refractivity contribution is 0.184. The van der Waals surface area contributed by atoms with Gasteiger partial charge in [0.15, 0.2) is 0 Å². The first-order valence-corrected chi connectivity index (χ1v) is 5.98. The summed E-state index contributed by atoms with van der Waals surface area (Å²) in [5.74, 6) is 0. The highest BCUT2D eigenvalue weighted by Gasteiger charge is 2.10. The highest BCUT2D eigenvalue weighted by atomic mass is 16.3. The Labute approximate surface area is 108 Å². The van der Waals surface area contributed by atoms with Crippen LogP contribution in [0.4, 0.5) is 0 Å². The Kier molecular flexibility index (Phi) is 4.14. The van der Waals surface area contributed by atoms with Crippen LogP contribution in [0.2, 0.25) is 0 Å². The van der Waals surface area contributed by atoms with Crippen molar-refractivity contribution >= 4 is 5.57 Å². The van der Waals surface area contributed by atoms with Gasteiger partial charge in [-0.25, -0.2) is 0 Å². The summed E-state index contributed by atoms with van der Waals surface area (Å²) < 4.78 is 0. The third-order valence-corrected chi connectivity index (χ3v) is 2.92. The summed E-state index contributed by atoms with van der Waals surface area (Å²) in [6.45, 7) is 3.71. The van der Waals surface area contributed by atoms with E-state index in [4.69, 9.17) is 0 Å². The summed E-state index contributed by atoms with van der Waals surface area (Å²) in [4.78, 5) is 0. The maximum atomic E-state index is 10.2. The van der Waals surface area contributed by atoms with E-state index in [0.717, 1.165) is 16.7 Å². The predicted octanol–water partition coefficient (Wildman–Crippen LogP) is 3.98. The van der Waals surface area contributed by atoms with Crippen LogP contribution in [0.5, 0.6) is 0 Å². The molecule has 0 bridgehead atoms. The molecule has 0 heterocycles. The van der Waals surface area contributed by atoms with Crippen molar-refractivity contribution in [3.8, 4) is 0 Å². The van der Waals surface area contributed by atoms with Crippen molar-refractivity contribution in [1.29, 1.82) is 0 Å². The van der Waals surface area contributed by atoms with E-state index in [1.807, 2.05) is 60.7 Å². The van der Waals surface area contributed by atoms with Crippen LogP contribution in [0.1, 0.15) is 23.7 Å². The topological polar surface area (TPSA) is 20.2 Å². The van der Waals surface area contributed by atoms with Crippen molar-refractivity contribution in [2.75, 3.05) is 0 Å². The highest BCUT2D eigenvalue weighted by Crippen LogP contribution is 2.26. The monoisotopic (exact) mass is 236 g/mol. The van der Waals surface area contributed by atoms with E-state index in [2.05, 4.69) is 12.3 Å². The van der Waals surface area contributed by atoms with Crippen LogP contribution in [0, 0.1) is 0 Å². The van der Waals surface area contributed by atoms with Crippen LogP contribution in [0.3, 0.4) is 0 Å². The molecule has 0 fully saturated rings. The summed E-state index contributed by atoms with van der Waals surface area (Å²) in [6, 6.07) is 19.6. The first kappa shape index (κ1) is 12.4. The van der Waals surface area contributed by atoms with Crippen molar-refractivity contribution in [3.05, 3.63) is 84.1 Å². The second-order valence-electron chi connectivity index (χ2n) is 4.15. The fraction of sp³-hybridized carbons (Fsp3) is 0.118. The van der Waals surface area contributed by atoms with E-state index < -0.39 is 6.10 Å². The summed E-state index contributed by atoms with van der Waals surface area (Å²) >= 11 is 0. The highest BCUT2D eigenvalue weighted by molar-refractivity contribution is 5.65. The van der Waals surface area contributed by atoms with Gasteiger partial charge in [-0.3, -0.25) is 0 Å². The van der Waals surface area contributed by atoms with Crippen LogP contribution < -0.4 is 0 Å². The lowest BCUT2D eigenvalue weighted by atomic mass is 9.97. The Morgan fingerprint density at radius 2 is 1.56 bits per heavy atom. The molecule has 0 aliphatic carbocycles. The van der Waals surface area contributed by atoms with Gasteiger partial charge in [0.25, 0.3) is 0 Å². The van der Waals surface area contributed by atoms with Gasteiger partial charge in [-0.15, -0.1) is 5.73 Å². The Morgan fingerprint density at radius 1 is 1.00 bits per heavy atom. The predicted molar refractivity (Wildman–Crippen MR) is 75.0 cm³/mol. The minimum atomic E-state index is -0.518. The quantitative estimate of drug-likeness (QED) is 0.796. The Morgan fingerprint density at radius 3 is 2.11 bits per heavy atom. The van der Waals surface area contributed by atoms with E-state index in [1.54, 1.807) is 0 Å². The van der Waals surface area contributed by atoms with E-state index in [0.29, 0.717) is 6.42 Å². The van der Waals surface area contributed by atoms with E-state index in [9.17, 15) is 5.11 Å². The number of aliphatic hydroxyl groups excluding tert-OH is 1. The first-order chi connectivity index (χ1) is 8.81. The fourth-order valence-electron chi connectivity index (χ4n) is 1.92. The van der Waals surface area contributed by atoms with Gasteiger partial charge in [-0.2, -0.15) is 0 Å². The molecule has 0 aromatic heterocycles. The maximum Gasteiger partial charge on any atom is 0.0836 e. The lowest BCUT2D eigenvalue weighted by Gasteiger charge is -2.12. The van der Waals surface area contributed by atoms with Crippen LogP contribution in [-0.2, 0) is 0 Å². The molecule has 0 spiro atoms. The normalized spacial score (nSPS) is 11.6. The van der Waals surface area contributed by atoms with Crippen LogP contribution in [-0.4, -0.2) is 5.11 Å². The third-order valence-electron chi connectivity index (χ3n) is 2.92. The molecule has 1 heteroatoms. The van der Waals surface area contributed by atoms with Gasteiger partial charge in [0, 0.05) is 12.0 Å². The first-order valence-electron chi connectivity index (χ1n) is 5.98. The summed E-state index contributed by atoms with van der Waals surface area (Å²) in [5.41, 5.74) is 5.84. The zero-order chi connectivity index (χ0) is 12.8. The molecule has 1 N–H and O–H groups in total. The van der Waals surface area contributed by atoms with Crippen LogP contribution in [0.25, 0.3) is 5.57 Å². The molecule has 0 radical (unpaired) electrons. The Bertz CT molecular complexity index is 536. The zero-order valence-electron chi connectivity index (χ0n) is 10.2. The third kappa shape index (κ3) is 2.98. The molecule has 2 rings (SSSR count). The smallest absolute Gasteiger partial charge is 0.0836 e. The molecule has 1 unspecified atom stereocenters. The van der Waals surface area contributed by atoms with Gasteiger partial charge in [0.1, 0.15) is 0 Å². The van der Waals surface area contributed by atoms with E-state index in [-0.39, 0.29) is 0 Å². The molecular formula is C17H16O. The lowest BCUT2D eigenvalue weighted by Crippen LogP contribution is -1.98. The minimum Gasteiger partial charge on any atom is -0.388 e. The molecule has 0 amide bonds. The standard InChI is InChI=1S/C17H16O/c1-2-14(15-9-5-3-6-10-15)13-17(18)16-11-7-4-8-12-16/h3-12,17-18H,1,13H2. The molecule has 0 aliphatic rings. The number of benzene rings is 2. The second kappa shape index (κ2) is 6.02. The number of hydrogen-bond acceptors (Lipinski definition) is 1. The van der Waals surface area contributed by atoms with Crippen molar-refractivity contribution in [1.82, 2.24) is 0 Å². The Hall–Kier alpha value is -2.08. The van der Waals surface area contributed by atoms with Gasteiger partial charge >= 0.3 is 0 Å².